The summed E-state index contributed by atoms with van der Waals surface area (Å²) in [5, 5.41) is 13.0. The van der Waals surface area contributed by atoms with Crippen LogP contribution in [0.25, 0.3) is 198 Å². The van der Waals surface area contributed by atoms with Crippen LogP contribution < -0.4 is 0 Å². The normalized spacial score (nSPS) is 12.6. The molecule has 24 aromatic rings. The smallest absolute Gasteiger partial charge is 0.123 e. The first-order valence-corrected chi connectivity index (χ1v) is 49.5. The van der Waals surface area contributed by atoms with Gasteiger partial charge in [-0.2, -0.15) is 0 Å². The van der Waals surface area contributed by atoms with Gasteiger partial charge in [0.25, 0.3) is 0 Å². The van der Waals surface area contributed by atoms with Crippen LogP contribution in [0.1, 0.15) is 158 Å². The highest BCUT2D eigenvalue weighted by Crippen LogP contribution is 2.47. The lowest BCUT2D eigenvalue weighted by Gasteiger charge is -2.19. The average Bonchev–Trinajstić information content (AvgIpc) is 1.55. The number of fused-ring (bicyclic) bond motifs is 18. The van der Waals surface area contributed by atoms with E-state index >= 15 is 0 Å². The molecule has 0 saturated carbocycles. The molecular weight excluding hydrogens is 1750 g/mol. The van der Waals surface area contributed by atoms with Crippen molar-refractivity contribution in [3.63, 3.8) is 0 Å². The summed E-state index contributed by atoms with van der Waals surface area (Å²) in [7, 11) is 0. The van der Waals surface area contributed by atoms with E-state index in [4.69, 9.17) is 0 Å². The number of nitrogens with zero attached hydrogens (tertiary/aromatic N) is 6. The minimum atomic E-state index is -0.382. The highest BCUT2D eigenvalue weighted by molar-refractivity contribution is 6.15. The van der Waals surface area contributed by atoms with E-state index in [2.05, 4.69) is 398 Å². The minimum Gasteiger partial charge on any atom is -0.309 e. The lowest BCUT2D eigenvalue weighted by molar-refractivity contribution is 0.590. The number of aromatic nitrogens is 6. The maximum atomic E-state index is 14.2. The molecule has 0 aliphatic heterocycles. The molecule has 24 rings (SSSR count). The van der Waals surface area contributed by atoms with Crippen molar-refractivity contribution < 1.29 is 17.6 Å². The van der Waals surface area contributed by atoms with Crippen molar-refractivity contribution >= 4 is 131 Å². The van der Waals surface area contributed by atoms with Gasteiger partial charge in [0.15, 0.2) is 0 Å². The van der Waals surface area contributed by atoms with Gasteiger partial charge in [-0.15, -0.1) is 0 Å². The summed E-state index contributed by atoms with van der Waals surface area (Å²) in [6, 6.07) is 130. The summed E-state index contributed by atoms with van der Waals surface area (Å²) in [5.74, 6) is -1.53. The largest absolute Gasteiger partial charge is 0.309 e. The summed E-state index contributed by atoms with van der Waals surface area (Å²) in [6.07, 6.45) is 0. The van der Waals surface area contributed by atoms with Crippen molar-refractivity contribution in [1.29, 1.82) is 0 Å². The van der Waals surface area contributed by atoms with Crippen LogP contribution in [0.3, 0.4) is 0 Å². The van der Waals surface area contributed by atoms with E-state index in [1.54, 1.807) is 24.3 Å². The number of para-hydroxylation sites is 2. The Labute approximate surface area is 827 Å². The second-order valence-corrected chi connectivity index (χ2v) is 44.9. The van der Waals surface area contributed by atoms with Crippen LogP contribution >= 0.6 is 0 Å². The Morgan fingerprint density at radius 1 is 0.134 bits per heavy atom. The van der Waals surface area contributed by atoms with Crippen molar-refractivity contribution in [2.75, 3.05) is 0 Å². The van der Waals surface area contributed by atoms with Crippen LogP contribution in [-0.2, 0) is 32.5 Å². The van der Waals surface area contributed by atoms with Gasteiger partial charge in [0, 0.05) is 98.8 Å². The molecule has 702 valence electrons. The molecule has 6 nitrogen and oxygen atoms in total. The molecular formula is C132H116F4N6. The predicted octanol–water partition coefficient (Wildman–Crippen LogP) is 37.0. The van der Waals surface area contributed by atoms with Crippen molar-refractivity contribution in [3.8, 4) is 67.5 Å². The fourth-order valence-electron chi connectivity index (χ4n) is 21.3. The molecule has 0 amide bonds. The molecule has 0 N–H and O–H groups in total. The summed E-state index contributed by atoms with van der Waals surface area (Å²) in [5.41, 5.74) is 34.6. The van der Waals surface area contributed by atoms with Gasteiger partial charge in [0.05, 0.1) is 66.2 Å². The third-order valence-corrected chi connectivity index (χ3v) is 29.1. The molecule has 0 spiro atoms. The Bertz CT molecular complexity index is 8430. The van der Waals surface area contributed by atoms with Crippen LogP contribution in [0.4, 0.5) is 17.6 Å². The van der Waals surface area contributed by atoms with E-state index in [-0.39, 0.29) is 55.8 Å². The molecule has 0 aliphatic rings. The number of hydrogen-bond donors (Lipinski definition) is 0. The number of rotatable bonds is 9. The molecule has 142 heavy (non-hydrogen) atoms. The van der Waals surface area contributed by atoms with Crippen LogP contribution in [0.5, 0.6) is 0 Å². The highest BCUT2D eigenvalue weighted by atomic mass is 19.1. The van der Waals surface area contributed by atoms with Crippen LogP contribution in [-0.4, -0.2) is 27.4 Å². The first-order chi connectivity index (χ1) is 67.8. The van der Waals surface area contributed by atoms with E-state index in [1.165, 1.54) is 214 Å². The standard InChI is InChI=1S/C52H56N2.C44H40N2.C36H20F4N2/c1-49(2,3)35-19-23-45-41(29-35)42-30-36(50(4,5)6)20-24-46(42)53(45)39-17-13-15-33(27-39)34-16-14-18-40(28-34)54-47-25-21-37(51(7,8)9)31-43(47)44-32-38(52(10,11)12)22-26-48(44)54;1-43(2,3)31-21-23-41-37(27-31)35-17-7-9-19-39(35)45(41)33-15-11-13-29(25-33)30-14-12-16-34(26-30)46-40-20-10-8-18-36(40)38-28-32(44(4,5)6)22-24-42(38)46;37-23-7-11-33-29(17-23)30-18-24(38)8-12-34(30)41(33)27-5-1-3-21(15-27)22-4-2-6-28(16-22)42-35-13-9-25(39)19-31(35)32-20-26(40)10-14-36(32)42/h13-32H,1-12H3;7-28H,1-6H3;1-20H. The van der Waals surface area contributed by atoms with Gasteiger partial charge in [-0.1, -0.05) is 270 Å². The van der Waals surface area contributed by atoms with Gasteiger partial charge in [-0.3, -0.25) is 0 Å². The van der Waals surface area contributed by atoms with Gasteiger partial charge in [0.1, 0.15) is 23.3 Å². The molecule has 0 bridgehead atoms. The topological polar surface area (TPSA) is 29.6 Å². The summed E-state index contributed by atoms with van der Waals surface area (Å²) in [4.78, 5) is 0. The molecule has 0 radical (unpaired) electrons. The molecule has 6 aromatic heterocycles. The molecule has 18 aromatic carbocycles. The average molecular weight is 1860 g/mol. The van der Waals surface area contributed by atoms with Gasteiger partial charge >= 0.3 is 0 Å². The van der Waals surface area contributed by atoms with E-state index < -0.39 is 0 Å². The molecule has 0 aliphatic carbocycles. The summed E-state index contributed by atoms with van der Waals surface area (Å²) in [6.45, 7) is 41.3. The van der Waals surface area contributed by atoms with Crippen molar-refractivity contribution in [2.24, 2.45) is 0 Å². The Morgan fingerprint density at radius 2 is 0.282 bits per heavy atom. The molecule has 0 saturated heterocycles. The van der Waals surface area contributed by atoms with Crippen LogP contribution in [0, 0.1) is 23.3 Å². The lowest BCUT2D eigenvalue weighted by Crippen LogP contribution is -2.10. The highest BCUT2D eigenvalue weighted by Gasteiger charge is 2.29. The van der Waals surface area contributed by atoms with E-state index in [1.807, 2.05) is 57.7 Å². The van der Waals surface area contributed by atoms with Crippen LogP contribution in [0.2, 0.25) is 0 Å². The predicted molar refractivity (Wildman–Crippen MR) is 594 cm³/mol. The van der Waals surface area contributed by atoms with Gasteiger partial charge < -0.3 is 27.4 Å². The Hall–Kier alpha value is -15.5. The Morgan fingerprint density at radius 3 is 0.458 bits per heavy atom. The number of halogens is 4. The van der Waals surface area contributed by atoms with E-state index in [0.717, 1.165) is 44.6 Å². The minimum absolute atomic E-state index is 0.0648. The van der Waals surface area contributed by atoms with Gasteiger partial charge in [-0.25, -0.2) is 17.6 Å². The van der Waals surface area contributed by atoms with E-state index in [9.17, 15) is 17.6 Å². The first-order valence-electron chi connectivity index (χ1n) is 49.5. The van der Waals surface area contributed by atoms with Crippen LogP contribution in [0.15, 0.2) is 376 Å². The second kappa shape index (κ2) is 34.2. The maximum absolute atomic E-state index is 14.2. The zero-order valence-electron chi connectivity index (χ0n) is 84.0. The third kappa shape index (κ3) is 16.4. The van der Waals surface area contributed by atoms with Crippen molar-refractivity contribution in [3.05, 3.63) is 433 Å². The zero-order valence-corrected chi connectivity index (χ0v) is 84.0. The lowest BCUT2D eigenvalue weighted by atomic mass is 9.85. The molecule has 0 fully saturated rings. The summed E-state index contributed by atoms with van der Waals surface area (Å²) >= 11 is 0. The number of hydrogen-bond acceptors (Lipinski definition) is 0. The van der Waals surface area contributed by atoms with Crippen molar-refractivity contribution in [2.45, 2.75) is 157 Å². The first kappa shape index (κ1) is 91.6. The maximum Gasteiger partial charge on any atom is 0.123 e. The Kier molecular flexibility index (Phi) is 22.0. The SMILES string of the molecule is CC(C)(C)c1ccc2c(c1)c1cc(C(C)(C)C)ccc1n2-c1cccc(-c2cccc(-n3c4ccc(C(C)(C)C)cc4c4cc(C(C)(C)C)ccc43)c2)c1.CC(C)(C)c1ccc2c(c1)c1ccccc1n2-c1cccc(-c2cccc(-n3c4ccccc4c4cc(C(C)(C)C)ccc43)c2)c1.Fc1ccc2c(c1)c1cc(F)ccc1n2-c1cccc(-c2cccc(-n3c4ccc(F)cc4c4cc(F)ccc43)c2)c1. The molecule has 10 heteroatoms. The van der Waals surface area contributed by atoms with Crippen molar-refractivity contribution in [1.82, 2.24) is 27.4 Å². The molecule has 0 atom stereocenters. The van der Waals surface area contributed by atoms with E-state index in [0.29, 0.717) is 21.5 Å². The Balaban J connectivity index is 0.000000123. The fourth-order valence-corrected chi connectivity index (χ4v) is 21.3. The van der Waals surface area contributed by atoms with Gasteiger partial charge in [-0.05, 0) is 330 Å². The quantitative estimate of drug-likeness (QED) is 0.129. The second-order valence-electron chi connectivity index (χ2n) is 44.9. The van der Waals surface area contributed by atoms with Gasteiger partial charge in [0.2, 0.25) is 0 Å². The molecule has 6 heterocycles. The fraction of sp³-hybridized carbons (Fsp3) is 0.182. The number of benzene rings is 18. The summed E-state index contributed by atoms with van der Waals surface area (Å²) < 4.78 is 70.6. The monoisotopic (exact) mass is 1860 g/mol. The molecule has 0 unspecified atom stereocenters. The zero-order chi connectivity index (χ0) is 98.9. The third-order valence-electron chi connectivity index (χ3n) is 29.1.